The number of methoxy groups -OCH3 is 1. The Kier molecular flexibility index (Phi) is 7.95. The second-order valence-electron chi connectivity index (χ2n) is 7.33. The molecule has 2 rings (SSSR count). The molecule has 0 radical (unpaired) electrons. The van der Waals surface area contributed by atoms with E-state index in [1.807, 2.05) is 13.8 Å². The monoisotopic (exact) mass is 407 g/mol. The number of hydrogen-bond acceptors (Lipinski definition) is 7. The van der Waals surface area contributed by atoms with Crippen molar-refractivity contribution in [2.24, 2.45) is 0 Å². The average molecular weight is 407 g/mol. The van der Waals surface area contributed by atoms with Crippen molar-refractivity contribution >= 4 is 23.3 Å². The smallest absolute Gasteiger partial charge is 0.341 e. The third-order valence-electron chi connectivity index (χ3n) is 5.14. The minimum Gasteiger partial charge on any atom is -0.449 e. The number of likely N-dealkylation sites (tertiary alicyclic amines) is 1. The number of esters is 1. The van der Waals surface area contributed by atoms with Gasteiger partial charge in [-0.25, -0.2) is 4.79 Å². The van der Waals surface area contributed by atoms with E-state index in [0.29, 0.717) is 18.8 Å². The van der Waals surface area contributed by atoms with Crippen LogP contribution in [0.4, 0.5) is 11.4 Å². The summed E-state index contributed by atoms with van der Waals surface area (Å²) in [5.41, 5.74) is 0.165. The summed E-state index contributed by atoms with van der Waals surface area (Å²) in [6.45, 7) is 6.31. The first-order valence-electron chi connectivity index (χ1n) is 9.80. The molecule has 1 aromatic rings. The van der Waals surface area contributed by atoms with Crippen molar-refractivity contribution in [3.8, 4) is 0 Å². The summed E-state index contributed by atoms with van der Waals surface area (Å²) in [6, 6.07) is 4.07. The summed E-state index contributed by atoms with van der Waals surface area (Å²) in [5, 5.41) is 14.1. The van der Waals surface area contributed by atoms with Gasteiger partial charge in [-0.05, 0) is 46.1 Å². The summed E-state index contributed by atoms with van der Waals surface area (Å²) >= 11 is 0. The van der Waals surface area contributed by atoms with Crippen LogP contribution >= 0.6 is 0 Å². The summed E-state index contributed by atoms with van der Waals surface area (Å²) in [6.07, 6.45) is 1.89. The first-order chi connectivity index (χ1) is 13.8. The van der Waals surface area contributed by atoms with E-state index in [-0.39, 0.29) is 29.2 Å². The van der Waals surface area contributed by atoms with Crippen LogP contribution < -0.4 is 5.32 Å². The standard InChI is InChI=1S/C20H29N3O6/c1-13-6-5-7-14(2)22(13)19(24)15(3)29-20(25)17-12-16(23(26)27)8-9-18(17)21-10-11-28-4/h8-9,12-15,21H,5-7,10-11H2,1-4H3/t13-,14-,15+/m0/s1. The number of anilines is 1. The number of nitrogens with one attached hydrogen (secondary N) is 1. The number of amides is 1. The number of carbonyl (C=O) groups is 2. The molecule has 9 nitrogen and oxygen atoms in total. The molecule has 1 aliphatic rings. The maximum absolute atomic E-state index is 12.9. The highest BCUT2D eigenvalue weighted by atomic mass is 16.6. The summed E-state index contributed by atoms with van der Waals surface area (Å²) in [7, 11) is 1.54. The summed E-state index contributed by atoms with van der Waals surface area (Å²) in [4.78, 5) is 37.9. The van der Waals surface area contributed by atoms with Crippen LogP contribution in [-0.4, -0.2) is 60.1 Å². The summed E-state index contributed by atoms with van der Waals surface area (Å²) in [5.74, 6) is -1.04. The Morgan fingerprint density at radius 1 is 1.31 bits per heavy atom. The number of nitro benzene ring substituents is 1. The molecule has 1 aromatic carbocycles. The second kappa shape index (κ2) is 10.2. The van der Waals surface area contributed by atoms with Crippen LogP contribution in [0.1, 0.15) is 50.4 Å². The molecular weight excluding hydrogens is 378 g/mol. The van der Waals surface area contributed by atoms with E-state index in [0.717, 1.165) is 25.3 Å². The van der Waals surface area contributed by atoms with Crippen LogP contribution in [-0.2, 0) is 14.3 Å². The largest absolute Gasteiger partial charge is 0.449 e. The van der Waals surface area contributed by atoms with Gasteiger partial charge in [0.25, 0.3) is 11.6 Å². The fourth-order valence-corrected chi connectivity index (χ4v) is 3.60. The van der Waals surface area contributed by atoms with Gasteiger partial charge in [-0.3, -0.25) is 14.9 Å². The fraction of sp³-hybridized carbons (Fsp3) is 0.600. The lowest BCUT2D eigenvalue weighted by atomic mass is 9.97. The number of nitrogens with zero attached hydrogens (tertiary/aromatic N) is 2. The van der Waals surface area contributed by atoms with Gasteiger partial charge in [0, 0.05) is 43.6 Å². The molecule has 29 heavy (non-hydrogen) atoms. The number of non-ortho nitro benzene ring substituents is 1. The molecular formula is C20H29N3O6. The number of piperidine rings is 1. The molecule has 1 N–H and O–H groups in total. The Hall–Kier alpha value is -2.68. The van der Waals surface area contributed by atoms with E-state index in [2.05, 4.69) is 5.32 Å². The molecule has 0 bridgehead atoms. The molecule has 1 fully saturated rings. The molecule has 0 unspecified atom stereocenters. The molecule has 9 heteroatoms. The Balaban J connectivity index is 2.17. The van der Waals surface area contributed by atoms with Crippen molar-refractivity contribution < 1.29 is 24.0 Å². The van der Waals surface area contributed by atoms with E-state index in [1.54, 1.807) is 12.0 Å². The molecule has 1 aliphatic heterocycles. The van der Waals surface area contributed by atoms with Gasteiger partial charge in [-0.15, -0.1) is 0 Å². The Morgan fingerprint density at radius 3 is 2.55 bits per heavy atom. The second-order valence-corrected chi connectivity index (χ2v) is 7.33. The number of rotatable bonds is 8. The van der Waals surface area contributed by atoms with Gasteiger partial charge in [0.2, 0.25) is 0 Å². The van der Waals surface area contributed by atoms with Gasteiger partial charge in [-0.2, -0.15) is 0 Å². The van der Waals surface area contributed by atoms with Gasteiger partial charge in [0.05, 0.1) is 17.1 Å². The van der Waals surface area contributed by atoms with Crippen molar-refractivity contribution in [3.05, 3.63) is 33.9 Å². The maximum atomic E-state index is 12.9. The molecule has 160 valence electrons. The lowest BCUT2D eigenvalue weighted by Crippen LogP contribution is -2.51. The van der Waals surface area contributed by atoms with Gasteiger partial charge < -0.3 is 19.7 Å². The summed E-state index contributed by atoms with van der Waals surface area (Å²) < 4.78 is 10.4. The molecule has 1 amide bonds. The van der Waals surface area contributed by atoms with E-state index in [4.69, 9.17) is 9.47 Å². The van der Waals surface area contributed by atoms with Crippen LogP contribution in [0.3, 0.4) is 0 Å². The van der Waals surface area contributed by atoms with Crippen LogP contribution in [0.15, 0.2) is 18.2 Å². The number of ether oxygens (including phenoxy) is 2. The number of hydrogen-bond donors (Lipinski definition) is 1. The maximum Gasteiger partial charge on any atom is 0.341 e. The zero-order valence-corrected chi connectivity index (χ0v) is 17.3. The first kappa shape index (κ1) is 22.6. The molecule has 0 aliphatic carbocycles. The van der Waals surface area contributed by atoms with Crippen molar-refractivity contribution in [1.82, 2.24) is 4.90 Å². The zero-order chi connectivity index (χ0) is 21.6. The lowest BCUT2D eigenvalue weighted by Gasteiger charge is -2.40. The van der Waals surface area contributed by atoms with Crippen molar-refractivity contribution in [3.63, 3.8) is 0 Å². The SMILES string of the molecule is COCCNc1ccc([N+](=O)[O-])cc1C(=O)O[C@H](C)C(=O)N1[C@@H](C)CCC[C@@H]1C. The highest BCUT2D eigenvalue weighted by Crippen LogP contribution is 2.26. The van der Waals surface area contributed by atoms with Crippen molar-refractivity contribution in [2.45, 2.75) is 58.2 Å². The minimum atomic E-state index is -0.989. The normalized spacial score (nSPS) is 20.1. The quantitative estimate of drug-likeness (QED) is 0.305. The first-order valence-corrected chi connectivity index (χ1v) is 9.80. The van der Waals surface area contributed by atoms with E-state index < -0.39 is 17.0 Å². The number of nitro groups is 1. The third kappa shape index (κ3) is 5.66. The van der Waals surface area contributed by atoms with E-state index in [1.165, 1.54) is 19.1 Å². The van der Waals surface area contributed by atoms with E-state index in [9.17, 15) is 19.7 Å². The van der Waals surface area contributed by atoms with E-state index >= 15 is 0 Å². The van der Waals surface area contributed by atoms with Gasteiger partial charge in [0.1, 0.15) is 0 Å². The van der Waals surface area contributed by atoms with Gasteiger partial charge in [-0.1, -0.05) is 0 Å². The molecule has 1 saturated heterocycles. The molecule has 1 heterocycles. The van der Waals surface area contributed by atoms with Crippen LogP contribution in [0, 0.1) is 10.1 Å². The molecule has 0 aromatic heterocycles. The van der Waals surface area contributed by atoms with Crippen LogP contribution in [0.5, 0.6) is 0 Å². The number of benzene rings is 1. The fourth-order valence-electron chi connectivity index (χ4n) is 3.60. The van der Waals surface area contributed by atoms with Gasteiger partial charge >= 0.3 is 5.97 Å². The predicted octanol–water partition coefficient (Wildman–Crippen LogP) is 2.99. The zero-order valence-electron chi connectivity index (χ0n) is 17.3. The Morgan fingerprint density at radius 2 is 1.97 bits per heavy atom. The number of carbonyl (C=O) groups excluding carboxylic acids is 2. The van der Waals surface area contributed by atoms with Crippen LogP contribution in [0.2, 0.25) is 0 Å². The topological polar surface area (TPSA) is 111 Å². The van der Waals surface area contributed by atoms with Crippen molar-refractivity contribution in [1.29, 1.82) is 0 Å². The van der Waals surface area contributed by atoms with Crippen molar-refractivity contribution in [2.75, 3.05) is 25.6 Å². The lowest BCUT2D eigenvalue weighted by molar-refractivity contribution is -0.384. The molecule has 0 spiro atoms. The van der Waals surface area contributed by atoms with Crippen LogP contribution in [0.25, 0.3) is 0 Å². The Labute approximate surface area is 170 Å². The molecule has 0 saturated carbocycles. The molecule has 3 atom stereocenters. The third-order valence-corrected chi connectivity index (χ3v) is 5.14. The average Bonchev–Trinajstić information content (AvgIpc) is 2.67. The highest BCUT2D eigenvalue weighted by molar-refractivity contribution is 5.98. The predicted molar refractivity (Wildman–Crippen MR) is 108 cm³/mol. The Bertz CT molecular complexity index is 744. The highest BCUT2D eigenvalue weighted by Gasteiger charge is 2.33. The van der Waals surface area contributed by atoms with Gasteiger partial charge in [0.15, 0.2) is 6.10 Å². The minimum absolute atomic E-state index is 0.00898.